The fourth-order valence-corrected chi connectivity index (χ4v) is 3.67. The molecule has 3 heteroatoms. The van der Waals surface area contributed by atoms with Crippen LogP contribution in [0.25, 0.3) is 0 Å². The van der Waals surface area contributed by atoms with Crippen LogP contribution in [-0.2, 0) is 12.8 Å². The van der Waals surface area contributed by atoms with E-state index in [4.69, 9.17) is 16.3 Å². The van der Waals surface area contributed by atoms with Crippen molar-refractivity contribution in [2.24, 2.45) is 0 Å². The van der Waals surface area contributed by atoms with E-state index in [0.29, 0.717) is 6.04 Å². The van der Waals surface area contributed by atoms with Crippen LogP contribution >= 0.6 is 11.6 Å². The second-order valence-electron chi connectivity index (χ2n) is 5.31. The van der Waals surface area contributed by atoms with Crippen LogP contribution in [-0.4, -0.2) is 13.7 Å². The van der Waals surface area contributed by atoms with Crippen LogP contribution in [0, 0.1) is 0 Å². The minimum absolute atomic E-state index is 0.421. The summed E-state index contributed by atoms with van der Waals surface area (Å²) in [5, 5.41) is 4.40. The number of rotatable bonds is 2. The molecule has 1 aliphatic heterocycles. The van der Waals surface area contributed by atoms with Gasteiger partial charge in [-0.2, -0.15) is 0 Å². The number of halogens is 1. The Morgan fingerprint density at radius 1 is 1.28 bits per heavy atom. The van der Waals surface area contributed by atoms with E-state index in [2.05, 4.69) is 11.4 Å². The Bertz CT molecular complexity index is 452. The van der Waals surface area contributed by atoms with E-state index < -0.39 is 0 Å². The van der Waals surface area contributed by atoms with E-state index >= 15 is 0 Å². The van der Waals surface area contributed by atoms with Gasteiger partial charge >= 0.3 is 0 Å². The summed E-state index contributed by atoms with van der Waals surface area (Å²) < 4.78 is 5.58. The first-order valence-corrected chi connectivity index (χ1v) is 7.30. The van der Waals surface area contributed by atoms with E-state index in [-0.39, 0.29) is 0 Å². The highest BCUT2D eigenvalue weighted by molar-refractivity contribution is 6.33. The number of benzene rings is 1. The van der Waals surface area contributed by atoms with Crippen LogP contribution in [0.5, 0.6) is 5.75 Å². The highest BCUT2D eigenvalue weighted by Gasteiger charge is 2.25. The Hall–Kier alpha value is -0.730. The minimum Gasteiger partial charge on any atom is -0.495 e. The van der Waals surface area contributed by atoms with Crippen molar-refractivity contribution in [2.75, 3.05) is 13.7 Å². The van der Waals surface area contributed by atoms with Gasteiger partial charge in [0.05, 0.1) is 12.1 Å². The quantitative estimate of drug-likeness (QED) is 0.881. The summed E-state index contributed by atoms with van der Waals surface area (Å²) in [5.41, 5.74) is 4.03. The lowest BCUT2D eigenvalue weighted by atomic mass is 9.88. The van der Waals surface area contributed by atoms with Crippen molar-refractivity contribution in [3.8, 4) is 5.75 Å². The van der Waals surface area contributed by atoms with Crippen molar-refractivity contribution in [2.45, 2.75) is 44.6 Å². The molecule has 1 heterocycles. The van der Waals surface area contributed by atoms with Gasteiger partial charge in [0.25, 0.3) is 0 Å². The van der Waals surface area contributed by atoms with E-state index in [1.165, 1.54) is 48.8 Å². The third-order valence-corrected chi connectivity index (χ3v) is 4.61. The van der Waals surface area contributed by atoms with Crippen LogP contribution in [0.2, 0.25) is 5.02 Å². The molecular formula is C15H20ClNO. The molecule has 98 valence electrons. The summed E-state index contributed by atoms with van der Waals surface area (Å²) in [7, 11) is 1.73. The van der Waals surface area contributed by atoms with Crippen molar-refractivity contribution in [1.29, 1.82) is 0 Å². The van der Waals surface area contributed by atoms with Gasteiger partial charge in [0, 0.05) is 11.6 Å². The monoisotopic (exact) mass is 265 g/mol. The first-order chi connectivity index (χ1) is 8.81. The average Bonchev–Trinajstić information content (AvgIpc) is 2.92. The maximum atomic E-state index is 6.56. The maximum absolute atomic E-state index is 6.56. The van der Waals surface area contributed by atoms with Gasteiger partial charge in [-0.3, -0.25) is 0 Å². The number of aryl methyl sites for hydroxylation is 1. The van der Waals surface area contributed by atoms with Crippen molar-refractivity contribution in [3.63, 3.8) is 0 Å². The molecule has 3 rings (SSSR count). The lowest BCUT2D eigenvalue weighted by molar-refractivity contribution is 0.402. The molecule has 0 amide bonds. The summed E-state index contributed by atoms with van der Waals surface area (Å²) in [6.45, 7) is 1.10. The van der Waals surface area contributed by atoms with E-state index in [9.17, 15) is 0 Å². The van der Waals surface area contributed by atoms with Gasteiger partial charge in [-0.15, -0.1) is 0 Å². The normalized spacial score (nSPS) is 22.9. The zero-order valence-corrected chi connectivity index (χ0v) is 11.6. The highest BCUT2D eigenvalue weighted by Crippen LogP contribution is 2.42. The summed E-state index contributed by atoms with van der Waals surface area (Å²) >= 11 is 6.56. The zero-order chi connectivity index (χ0) is 12.5. The van der Waals surface area contributed by atoms with Gasteiger partial charge in [-0.05, 0) is 56.2 Å². The summed E-state index contributed by atoms with van der Waals surface area (Å²) in [6, 6.07) is 2.76. The Morgan fingerprint density at radius 3 is 2.83 bits per heavy atom. The molecule has 1 aromatic carbocycles. The van der Waals surface area contributed by atoms with E-state index in [0.717, 1.165) is 23.7 Å². The molecule has 18 heavy (non-hydrogen) atoms. The SMILES string of the molecule is COc1c(C2CCCN2)cc2c(c1Cl)CCCC2. The largest absolute Gasteiger partial charge is 0.495 e. The molecule has 0 radical (unpaired) electrons. The topological polar surface area (TPSA) is 21.3 Å². The third-order valence-electron chi connectivity index (χ3n) is 4.21. The predicted molar refractivity (Wildman–Crippen MR) is 74.6 cm³/mol. The van der Waals surface area contributed by atoms with Crippen LogP contribution in [0.3, 0.4) is 0 Å². The minimum atomic E-state index is 0.421. The van der Waals surface area contributed by atoms with Crippen LogP contribution < -0.4 is 10.1 Å². The van der Waals surface area contributed by atoms with Crippen molar-refractivity contribution < 1.29 is 4.74 Å². The third kappa shape index (κ3) is 2.02. The zero-order valence-electron chi connectivity index (χ0n) is 10.9. The van der Waals surface area contributed by atoms with Gasteiger partial charge in [0.2, 0.25) is 0 Å². The number of methoxy groups -OCH3 is 1. The van der Waals surface area contributed by atoms with Gasteiger partial charge in [0.1, 0.15) is 5.75 Å². The lowest BCUT2D eigenvalue weighted by Gasteiger charge is -2.24. The molecule has 1 fully saturated rings. The average molecular weight is 266 g/mol. The number of hydrogen-bond acceptors (Lipinski definition) is 2. The molecule has 2 aliphatic rings. The molecule has 1 aromatic rings. The first kappa shape index (κ1) is 12.3. The second kappa shape index (κ2) is 5.10. The molecule has 1 unspecified atom stereocenters. The molecule has 2 nitrogen and oxygen atoms in total. The molecule has 0 aromatic heterocycles. The molecule has 0 bridgehead atoms. The lowest BCUT2D eigenvalue weighted by Crippen LogP contribution is -2.16. The second-order valence-corrected chi connectivity index (χ2v) is 5.68. The Labute approximate surface area is 114 Å². The molecule has 1 saturated heterocycles. The highest BCUT2D eigenvalue weighted by atomic mass is 35.5. The van der Waals surface area contributed by atoms with E-state index in [1.807, 2.05) is 0 Å². The molecule has 1 aliphatic carbocycles. The maximum Gasteiger partial charge on any atom is 0.142 e. The molecular weight excluding hydrogens is 246 g/mol. The molecule has 1 N–H and O–H groups in total. The number of fused-ring (bicyclic) bond motifs is 1. The first-order valence-electron chi connectivity index (χ1n) is 6.92. The standard InChI is InChI=1S/C15H20ClNO/c1-18-15-12(13-7-4-8-17-13)9-10-5-2-3-6-11(10)14(15)16/h9,13,17H,2-8H2,1H3. The smallest absolute Gasteiger partial charge is 0.142 e. The molecule has 0 spiro atoms. The number of ether oxygens (including phenoxy) is 1. The summed E-state index contributed by atoms with van der Waals surface area (Å²) in [5.74, 6) is 0.900. The molecule has 0 saturated carbocycles. The van der Waals surface area contributed by atoms with Crippen LogP contribution in [0.4, 0.5) is 0 Å². The number of hydrogen-bond donors (Lipinski definition) is 1. The fourth-order valence-electron chi connectivity index (χ4n) is 3.27. The van der Waals surface area contributed by atoms with Gasteiger partial charge in [-0.1, -0.05) is 17.7 Å². The predicted octanol–water partition coefficient (Wildman–Crippen LogP) is 3.65. The van der Waals surface area contributed by atoms with Gasteiger partial charge in [-0.25, -0.2) is 0 Å². The Morgan fingerprint density at radius 2 is 2.11 bits per heavy atom. The fraction of sp³-hybridized carbons (Fsp3) is 0.600. The Kier molecular flexibility index (Phi) is 3.49. The van der Waals surface area contributed by atoms with Crippen LogP contribution in [0.1, 0.15) is 48.4 Å². The van der Waals surface area contributed by atoms with E-state index in [1.54, 1.807) is 7.11 Å². The Balaban J connectivity index is 2.09. The van der Waals surface area contributed by atoms with Crippen molar-refractivity contribution in [1.82, 2.24) is 5.32 Å². The molecule has 1 atom stereocenters. The van der Waals surface area contributed by atoms with Crippen molar-refractivity contribution in [3.05, 3.63) is 27.8 Å². The van der Waals surface area contributed by atoms with Crippen LogP contribution in [0.15, 0.2) is 6.07 Å². The van der Waals surface area contributed by atoms with Gasteiger partial charge < -0.3 is 10.1 Å². The summed E-state index contributed by atoms with van der Waals surface area (Å²) in [6.07, 6.45) is 7.22. The van der Waals surface area contributed by atoms with Gasteiger partial charge in [0.15, 0.2) is 0 Å². The summed E-state index contributed by atoms with van der Waals surface area (Å²) in [4.78, 5) is 0. The number of nitrogens with one attached hydrogen (secondary N) is 1. The van der Waals surface area contributed by atoms with Crippen molar-refractivity contribution >= 4 is 11.6 Å².